The lowest BCUT2D eigenvalue weighted by Crippen LogP contribution is -2.43. The molecule has 2 rings (SSSR count). The molecule has 0 amide bonds. The van der Waals surface area contributed by atoms with Gasteiger partial charge in [-0.1, -0.05) is 6.07 Å². The molecule has 1 atom stereocenters. The minimum atomic E-state index is -0.181. The summed E-state index contributed by atoms with van der Waals surface area (Å²) in [6.45, 7) is 5.27. The SMILES string of the molecule is CC1(C)COC(Cc2ccc(Br)nc2N)CO1. The number of nitrogens with two attached hydrogens (primary N) is 1. The highest BCUT2D eigenvalue weighted by Gasteiger charge is 2.28. The van der Waals surface area contributed by atoms with E-state index in [1.54, 1.807) is 0 Å². The van der Waals surface area contributed by atoms with Crippen molar-refractivity contribution in [2.24, 2.45) is 0 Å². The van der Waals surface area contributed by atoms with Crippen LogP contribution >= 0.6 is 15.9 Å². The molecule has 1 aliphatic heterocycles. The Morgan fingerprint density at radius 2 is 2.29 bits per heavy atom. The molecule has 1 aromatic rings. The largest absolute Gasteiger partial charge is 0.383 e. The Balaban J connectivity index is 1.98. The van der Waals surface area contributed by atoms with E-state index in [1.165, 1.54) is 0 Å². The Kier molecular flexibility index (Phi) is 3.70. The molecule has 0 bridgehead atoms. The summed E-state index contributed by atoms with van der Waals surface area (Å²) < 4.78 is 12.2. The van der Waals surface area contributed by atoms with Gasteiger partial charge in [-0.15, -0.1) is 0 Å². The van der Waals surface area contributed by atoms with Gasteiger partial charge in [0.1, 0.15) is 10.4 Å². The zero-order chi connectivity index (χ0) is 12.5. The van der Waals surface area contributed by atoms with Gasteiger partial charge in [-0.25, -0.2) is 4.98 Å². The number of ether oxygens (including phenoxy) is 2. The van der Waals surface area contributed by atoms with Crippen LogP contribution in [0.4, 0.5) is 5.82 Å². The van der Waals surface area contributed by atoms with Crippen molar-refractivity contribution in [2.75, 3.05) is 18.9 Å². The summed E-state index contributed by atoms with van der Waals surface area (Å²) in [4.78, 5) is 4.17. The summed E-state index contributed by atoms with van der Waals surface area (Å²) in [5.74, 6) is 0.549. The molecule has 2 N–H and O–H groups in total. The predicted octanol–water partition coefficient (Wildman–Crippen LogP) is 2.16. The van der Waals surface area contributed by atoms with E-state index in [1.807, 2.05) is 26.0 Å². The van der Waals surface area contributed by atoms with Crippen molar-refractivity contribution in [1.29, 1.82) is 0 Å². The summed E-state index contributed by atoms with van der Waals surface area (Å²) in [6.07, 6.45) is 0.802. The van der Waals surface area contributed by atoms with Gasteiger partial charge in [-0.05, 0) is 41.4 Å². The van der Waals surface area contributed by atoms with E-state index in [4.69, 9.17) is 15.2 Å². The minimum Gasteiger partial charge on any atom is -0.383 e. The van der Waals surface area contributed by atoms with Crippen molar-refractivity contribution in [1.82, 2.24) is 4.98 Å². The third-order valence-corrected chi connectivity index (χ3v) is 3.19. The molecule has 1 saturated heterocycles. The van der Waals surface area contributed by atoms with E-state index in [9.17, 15) is 0 Å². The number of hydrogen-bond donors (Lipinski definition) is 1. The molecule has 1 aliphatic rings. The highest BCUT2D eigenvalue weighted by atomic mass is 79.9. The number of nitrogen functional groups attached to an aromatic ring is 1. The smallest absolute Gasteiger partial charge is 0.127 e. The molecule has 1 aromatic heterocycles. The van der Waals surface area contributed by atoms with Gasteiger partial charge in [0.05, 0.1) is 24.9 Å². The van der Waals surface area contributed by atoms with Gasteiger partial charge in [0.2, 0.25) is 0 Å². The number of nitrogens with zero attached hydrogens (tertiary/aromatic N) is 1. The number of pyridine rings is 1. The third-order valence-electron chi connectivity index (χ3n) is 2.75. The van der Waals surface area contributed by atoms with Crippen LogP contribution in [0.5, 0.6) is 0 Å². The maximum Gasteiger partial charge on any atom is 0.127 e. The van der Waals surface area contributed by atoms with E-state index >= 15 is 0 Å². The van der Waals surface area contributed by atoms with E-state index in [0.717, 1.165) is 16.6 Å². The summed E-state index contributed by atoms with van der Waals surface area (Å²) in [5.41, 5.74) is 6.68. The highest BCUT2D eigenvalue weighted by molar-refractivity contribution is 9.10. The van der Waals surface area contributed by atoms with E-state index in [0.29, 0.717) is 19.0 Å². The first-order valence-corrected chi connectivity index (χ1v) is 6.42. The topological polar surface area (TPSA) is 57.4 Å². The molecular weight excluding hydrogens is 284 g/mol. The average molecular weight is 301 g/mol. The van der Waals surface area contributed by atoms with Crippen molar-refractivity contribution in [3.05, 3.63) is 22.3 Å². The maximum atomic E-state index is 5.85. The molecule has 0 aliphatic carbocycles. The van der Waals surface area contributed by atoms with Crippen molar-refractivity contribution in [2.45, 2.75) is 32.0 Å². The number of aromatic nitrogens is 1. The van der Waals surface area contributed by atoms with Crippen LogP contribution in [0, 0.1) is 0 Å². The minimum absolute atomic E-state index is 0.0632. The van der Waals surface area contributed by atoms with Crippen molar-refractivity contribution in [3.8, 4) is 0 Å². The molecule has 94 valence electrons. The number of rotatable bonds is 2. The van der Waals surface area contributed by atoms with Crippen LogP contribution in [0.1, 0.15) is 19.4 Å². The second kappa shape index (κ2) is 4.92. The number of halogens is 1. The molecule has 0 saturated carbocycles. The van der Waals surface area contributed by atoms with E-state index in [-0.39, 0.29) is 11.7 Å². The lowest BCUT2D eigenvalue weighted by molar-refractivity contribution is -0.173. The molecular formula is C12H17BrN2O2. The molecule has 0 aromatic carbocycles. The normalized spacial score (nSPS) is 23.6. The Labute approximate surface area is 110 Å². The summed E-state index contributed by atoms with van der Waals surface area (Å²) in [7, 11) is 0. The van der Waals surface area contributed by atoms with Crippen LogP contribution in [0.15, 0.2) is 16.7 Å². The van der Waals surface area contributed by atoms with Crippen molar-refractivity contribution < 1.29 is 9.47 Å². The zero-order valence-corrected chi connectivity index (χ0v) is 11.7. The Bertz CT molecular complexity index is 399. The van der Waals surface area contributed by atoms with Gasteiger partial charge in [0.25, 0.3) is 0 Å². The first kappa shape index (κ1) is 12.8. The first-order valence-electron chi connectivity index (χ1n) is 5.63. The Morgan fingerprint density at radius 1 is 1.53 bits per heavy atom. The Morgan fingerprint density at radius 3 is 2.88 bits per heavy atom. The monoisotopic (exact) mass is 300 g/mol. The fraction of sp³-hybridized carbons (Fsp3) is 0.583. The molecule has 0 spiro atoms. The first-order chi connectivity index (χ1) is 7.96. The molecule has 1 unspecified atom stereocenters. The fourth-order valence-electron chi connectivity index (χ4n) is 1.74. The molecule has 2 heterocycles. The standard InChI is InChI=1S/C12H17BrN2O2/c1-12(2)7-16-9(6-17-12)5-8-3-4-10(13)15-11(8)14/h3-4,9H,5-7H2,1-2H3,(H2,14,15). The van der Waals surface area contributed by atoms with Gasteiger partial charge >= 0.3 is 0 Å². The molecule has 5 heteroatoms. The maximum absolute atomic E-state index is 5.85. The summed E-state index contributed by atoms with van der Waals surface area (Å²) in [5, 5.41) is 0. The predicted molar refractivity (Wildman–Crippen MR) is 69.8 cm³/mol. The van der Waals surface area contributed by atoms with Crippen molar-refractivity contribution in [3.63, 3.8) is 0 Å². The lowest BCUT2D eigenvalue weighted by atomic mass is 10.1. The van der Waals surface area contributed by atoms with Gasteiger partial charge in [0, 0.05) is 6.42 Å². The van der Waals surface area contributed by atoms with E-state index in [2.05, 4.69) is 20.9 Å². The average Bonchev–Trinajstić information content (AvgIpc) is 2.25. The lowest BCUT2D eigenvalue weighted by Gasteiger charge is -2.35. The van der Waals surface area contributed by atoms with Crippen LogP contribution in [-0.2, 0) is 15.9 Å². The summed E-state index contributed by atoms with van der Waals surface area (Å²) in [6, 6.07) is 3.86. The molecule has 1 fully saturated rings. The fourth-order valence-corrected chi connectivity index (χ4v) is 2.06. The van der Waals surface area contributed by atoms with Crippen LogP contribution in [0.25, 0.3) is 0 Å². The van der Waals surface area contributed by atoms with Gasteiger partial charge in [-0.2, -0.15) is 0 Å². The van der Waals surface area contributed by atoms with Crippen LogP contribution < -0.4 is 5.73 Å². The van der Waals surface area contributed by atoms with Crippen LogP contribution in [0.2, 0.25) is 0 Å². The quantitative estimate of drug-likeness (QED) is 0.851. The second-order valence-corrected chi connectivity index (χ2v) is 5.70. The Hall–Kier alpha value is -0.650. The number of anilines is 1. The van der Waals surface area contributed by atoms with Crippen molar-refractivity contribution >= 4 is 21.7 Å². The summed E-state index contributed by atoms with van der Waals surface area (Å²) >= 11 is 3.29. The number of hydrogen-bond acceptors (Lipinski definition) is 4. The van der Waals surface area contributed by atoms with E-state index < -0.39 is 0 Å². The van der Waals surface area contributed by atoms with Gasteiger partial charge in [0.15, 0.2) is 0 Å². The molecule has 0 radical (unpaired) electrons. The van der Waals surface area contributed by atoms with Gasteiger partial charge in [-0.3, -0.25) is 0 Å². The van der Waals surface area contributed by atoms with Crippen LogP contribution in [0.3, 0.4) is 0 Å². The third kappa shape index (κ3) is 3.40. The highest BCUT2D eigenvalue weighted by Crippen LogP contribution is 2.22. The zero-order valence-electron chi connectivity index (χ0n) is 10.1. The molecule has 4 nitrogen and oxygen atoms in total. The van der Waals surface area contributed by atoms with Gasteiger partial charge < -0.3 is 15.2 Å². The second-order valence-electron chi connectivity index (χ2n) is 4.89. The van der Waals surface area contributed by atoms with Crippen LogP contribution in [-0.4, -0.2) is 29.9 Å². The molecule has 17 heavy (non-hydrogen) atoms.